The summed E-state index contributed by atoms with van der Waals surface area (Å²) in [5.74, 6) is 1.28. The van der Waals surface area contributed by atoms with Crippen LogP contribution in [0.3, 0.4) is 0 Å². The third-order valence-electron chi connectivity index (χ3n) is 3.51. The van der Waals surface area contributed by atoms with Crippen molar-refractivity contribution < 1.29 is 0 Å². The Morgan fingerprint density at radius 2 is 2.18 bits per heavy atom. The van der Waals surface area contributed by atoms with Crippen LogP contribution in [-0.2, 0) is 6.42 Å². The fourth-order valence-corrected chi connectivity index (χ4v) is 3.73. The highest BCUT2D eigenvalue weighted by molar-refractivity contribution is 8.00. The van der Waals surface area contributed by atoms with E-state index in [1.807, 2.05) is 0 Å². The van der Waals surface area contributed by atoms with E-state index in [-0.39, 0.29) is 0 Å². The van der Waals surface area contributed by atoms with E-state index in [1.54, 1.807) is 0 Å². The zero-order valence-electron chi connectivity index (χ0n) is 11.1. The summed E-state index contributed by atoms with van der Waals surface area (Å²) in [4.78, 5) is 0. The lowest BCUT2D eigenvalue weighted by Gasteiger charge is -2.19. The summed E-state index contributed by atoms with van der Waals surface area (Å²) in [5.41, 5.74) is 2.89. The van der Waals surface area contributed by atoms with E-state index in [0.29, 0.717) is 12.1 Å². The third-order valence-corrected chi connectivity index (χ3v) is 4.86. The first-order chi connectivity index (χ1) is 8.15. The van der Waals surface area contributed by atoms with Crippen LogP contribution in [0.25, 0.3) is 0 Å². The molecule has 3 atom stereocenters. The fourth-order valence-electron chi connectivity index (χ4n) is 2.56. The molecule has 1 aliphatic rings. The van der Waals surface area contributed by atoms with E-state index in [1.165, 1.54) is 23.3 Å². The van der Waals surface area contributed by atoms with Gasteiger partial charge in [-0.3, -0.25) is 0 Å². The van der Waals surface area contributed by atoms with Gasteiger partial charge in [0.25, 0.3) is 0 Å². The monoisotopic (exact) mass is 249 g/mol. The Morgan fingerprint density at radius 3 is 2.82 bits per heavy atom. The smallest absolute Gasteiger partial charge is 0.0171 e. The number of aryl methyl sites for hydroxylation is 1. The van der Waals surface area contributed by atoms with E-state index in [0.717, 1.165) is 11.7 Å². The van der Waals surface area contributed by atoms with Crippen LogP contribution in [0.1, 0.15) is 31.4 Å². The standard InChI is InChI=1S/C15H23NS/c1-11-6-4-5-7-14(11)8-12(2)16-15-9-13(3)17-10-15/h4-7,12-13,15-16H,8-10H2,1-3H3. The maximum atomic E-state index is 3.76. The van der Waals surface area contributed by atoms with Gasteiger partial charge in [0, 0.05) is 23.1 Å². The Balaban J connectivity index is 1.85. The van der Waals surface area contributed by atoms with Crippen molar-refractivity contribution in [3.63, 3.8) is 0 Å². The predicted octanol–water partition coefficient (Wildman–Crippen LogP) is 3.41. The Kier molecular flexibility index (Phi) is 4.52. The van der Waals surface area contributed by atoms with Gasteiger partial charge >= 0.3 is 0 Å². The van der Waals surface area contributed by atoms with Crippen molar-refractivity contribution >= 4 is 11.8 Å². The van der Waals surface area contributed by atoms with Gasteiger partial charge in [-0.05, 0) is 37.8 Å². The number of benzene rings is 1. The largest absolute Gasteiger partial charge is 0.310 e. The molecule has 0 spiro atoms. The molecule has 0 amide bonds. The number of hydrogen-bond acceptors (Lipinski definition) is 2. The number of thioether (sulfide) groups is 1. The van der Waals surface area contributed by atoms with Crippen LogP contribution in [0.15, 0.2) is 24.3 Å². The van der Waals surface area contributed by atoms with Crippen LogP contribution in [0.2, 0.25) is 0 Å². The molecule has 0 aliphatic carbocycles. The molecular weight excluding hydrogens is 226 g/mol. The quantitative estimate of drug-likeness (QED) is 0.877. The van der Waals surface area contributed by atoms with Crippen LogP contribution in [-0.4, -0.2) is 23.1 Å². The van der Waals surface area contributed by atoms with E-state index < -0.39 is 0 Å². The van der Waals surface area contributed by atoms with Crippen LogP contribution in [0, 0.1) is 6.92 Å². The highest BCUT2D eigenvalue weighted by atomic mass is 32.2. The van der Waals surface area contributed by atoms with Crippen LogP contribution < -0.4 is 5.32 Å². The Morgan fingerprint density at radius 1 is 1.41 bits per heavy atom. The molecule has 0 bridgehead atoms. The van der Waals surface area contributed by atoms with Crippen molar-refractivity contribution in [1.82, 2.24) is 5.32 Å². The maximum Gasteiger partial charge on any atom is 0.0171 e. The second-order valence-corrected chi connectivity index (χ2v) is 6.75. The molecule has 0 radical (unpaired) electrons. The molecule has 1 aromatic carbocycles. The molecule has 2 heteroatoms. The van der Waals surface area contributed by atoms with Crippen molar-refractivity contribution in [1.29, 1.82) is 0 Å². The average molecular weight is 249 g/mol. The first-order valence-corrected chi connectivity index (χ1v) is 7.62. The molecule has 0 aromatic heterocycles. The molecular formula is C15H23NS. The molecule has 0 saturated carbocycles. The first kappa shape index (κ1) is 13.0. The van der Waals surface area contributed by atoms with Gasteiger partial charge in [0.1, 0.15) is 0 Å². The van der Waals surface area contributed by atoms with Gasteiger partial charge < -0.3 is 5.32 Å². The summed E-state index contributed by atoms with van der Waals surface area (Å²) in [6.07, 6.45) is 2.46. The minimum Gasteiger partial charge on any atom is -0.310 e. The van der Waals surface area contributed by atoms with Crippen molar-refractivity contribution in [2.45, 2.75) is 50.9 Å². The summed E-state index contributed by atoms with van der Waals surface area (Å²) in [5, 5.41) is 4.60. The summed E-state index contributed by atoms with van der Waals surface area (Å²) in [7, 11) is 0. The van der Waals surface area contributed by atoms with Gasteiger partial charge in [0.2, 0.25) is 0 Å². The molecule has 1 heterocycles. The first-order valence-electron chi connectivity index (χ1n) is 6.57. The topological polar surface area (TPSA) is 12.0 Å². The van der Waals surface area contributed by atoms with Gasteiger partial charge in [-0.15, -0.1) is 0 Å². The Bertz CT molecular complexity index is 364. The average Bonchev–Trinajstić information content (AvgIpc) is 2.67. The Hall–Kier alpha value is -0.470. The van der Waals surface area contributed by atoms with Crippen molar-refractivity contribution in [3.05, 3.63) is 35.4 Å². The predicted molar refractivity (Wildman–Crippen MR) is 77.8 cm³/mol. The molecule has 1 aliphatic heterocycles. The van der Waals surface area contributed by atoms with Crippen molar-refractivity contribution in [3.8, 4) is 0 Å². The van der Waals surface area contributed by atoms with Crippen LogP contribution >= 0.6 is 11.8 Å². The molecule has 1 N–H and O–H groups in total. The molecule has 1 saturated heterocycles. The SMILES string of the molecule is Cc1ccccc1CC(C)NC1CSC(C)C1. The molecule has 2 rings (SSSR count). The number of hydrogen-bond donors (Lipinski definition) is 1. The lowest BCUT2D eigenvalue weighted by molar-refractivity contribution is 0.460. The van der Waals surface area contributed by atoms with E-state index in [9.17, 15) is 0 Å². The summed E-state index contributed by atoms with van der Waals surface area (Å²) in [6, 6.07) is 10.0. The summed E-state index contributed by atoms with van der Waals surface area (Å²) >= 11 is 2.09. The lowest BCUT2D eigenvalue weighted by atomic mass is 10.0. The van der Waals surface area contributed by atoms with Gasteiger partial charge in [-0.2, -0.15) is 11.8 Å². The Labute approximate surface area is 109 Å². The fraction of sp³-hybridized carbons (Fsp3) is 0.600. The zero-order valence-corrected chi connectivity index (χ0v) is 11.9. The van der Waals surface area contributed by atoms with Crippen LogP contribution in [0.4, 0.5) is 0 Å². The highest BCUT2D eigenvalue weighted by Crippen LogP contribution is 2.26. The maximum absolute atomic E-state index is 3.76. The van der Waals surface area contributed by atoms with E-state index in [4.69, 9.17) is 0 Å². The summed E-state index contributed by atoms with van der Waals surface area (Å²) < 4.78 is 0. The molecule has 94 valence electrons. The van der Waals surface area contributed by atoms with Gasteiger partial charge in [-0.25, -0.2) is 0 Å². The van der Waals surface area contributed by atoms with Crippen LogP contribution in [0.5, 0.6) is 0 Å². The molecule has 17 heavy (non-hydrogen) atoms. The number of rotatable bonds is 4. The second kappa shape index (κ2) is 5.92. The van der Waals surface area contributed by atoms with Gasteiger partial charge in [-0.1, -0.05) is 31.2 Å². The normalized spacial score (nSPS) is 26.1. The minimum absolute atomic E-state index is 0.576. The third kappa shape index (κ3) is 3.75. The molecule has 1 nitrogen and oxygen atoms in total. The molecule has 3 unspecified atom stereocenters. The second-order valence-electron chi connectivity index (χ2n) is 5.27. The highest BCUT2D eigenvalue weighted by Gasteiger charge is 2.22. The van der Waals surface area contributed by atoms with Gasteiger partial charge in [0.15, 0.2) is 0 Å². The van der Waals surface area contributed by atoms with Gasteiger partial charge in [0.05, 0.1) is 0 Å². The molecule has 1 fully saturated rings. The number of nitrogens with one attached hydrogen (secondary N) is 1. The van der Waals surface area contributed by atoms with Crippen molar-refractivity contribution in [2.24, 2.45) is 0 Å². The zero-order chi connectivity index (χ0) is 12.3. The molecule has 1 aromatic rings. The van der Waals surface area contributed by atoms with Crippen molar-refractivity contribution in [2.75, 3.05) is 5.75 Å². The lowest BCUT2D eigenvalue weighted by Crippen LogP contribution is -2.38. The van der Waals surface area contributed by atoms with E-state index >= 15 is 0 Å². The summed E-state index contributed by atoms with van der Waals surface area (Å²) in [6.45, 7) is 6.84. The van der Waals surface area contributed by atoms with E-state index in [2.05, 4.69) is 62.1 Å². The minimum atomic E-state index is 0.576.